The minimum absolute atomic E-state index is 0.00667. The van der Waals surface area contributed by atoms with E-state index >= 15 is 0 Å². The van der Waals surface area contributed by atoms with E-state index in [4.69, 9.17) is 9.47 Å². The van der Waals surface area contributed by atoms with Crippen LogP contribution in [-0.2, 0) is 16.6 Å². The Morgan fingerprint density at radius 1 is 0.862 bits per heavy atom. The standard InChI is InChI=1S/C22H22FNO4S/c1-16-4-6-17(7-5-16)15-24(19-12-20(27-2)14-21(13-19)28-3)29(25,26)22-10-8-18(23)9-11-22/h4-14H,15H2,1-3H3. The molecule has 152 valence electrons. The van der Waals surface area contributed by atoms with Crippen LogP contribution in [0, 0.1) is 12.7 Å². The molecule has 3 aromatic rings. The van der Waals surface area contributed by atoms with Crippen molar-refractivity contribution in [3.05, 3.63) is 83.7 Å². The quantitative estimate of drug-likeness (QED) is 0.568. The summed E-state index contributed by atoms with van der Waals surface area (Å²) in [4.78, 5) is -0.00667. The highest BCUT2D eigenvalue weighted by molar-refractivity contribution is 7.92. The van der Waals surface area contributed by atoms with Gasteiger partial charge in [-0.05, 0) is 36.8 Å². The van der Waals surface area contributed by atoms with Crippen LogP contribution in [0.1, 0.15) is 11.1 Å². The molecule has 0 unspecified atom stereocenters. The first kappa shape index (κ1) is 20.7. The fraction of sp³-hybridized carbons (Fsp3) is 0.182. The van der Waals surface area contributed by atoms with E-state index in [-0.39, 0.29) is 11.4 Å². The zero-order chi connectivity index (χ0) is 21.0. The zero-order valence-corrected chi connectivity index (χ0v) is 17.2. The van der Waals surface area contributed by atoms with Crippen molar-refractivity contribution in [1.29, 1.82) is 0 Å². The number of rotatable bonds is 7. The highest BCUT2D eigenvalue weighted by atomic mass is 32.2. The summed E-state index contributed by atoms with van der Waals surface area (Å²) in [5.74, 6) is 0.419. The Morgan fingerprint density at radius 2 is 1.41 bits per heavy atom. The largest absolute Gasteiger partial charge is 0.497 e. The van der Waals surface area contributed by atoms with E-state index in [1.54, 1.807) is 18.2 Å². The third-order valence-electron chi connectivity index (χ3n) is 4.47. The molecule has 7 heteroatoms. The van der Waals surface area contributed by atoms with Crippen molar-refractivity contribution in [2.45, 2.75) is 18.4 Å². The van der Waals surface area contributed by atoms with E-state index < -0.39 is 15.8 Å². The SMILES string of the molecule is COc1cc(OC)cc(N(Cc2ccc(C)cc2)S(=O)(=O)c2ccc(F)cc2)c1. The van der Waals surface area contributed by atoms with Crippen LogP contribution >= 0.6 is 0 Å². The van der Waals surface area contributed by atoms with Crippen molar-refractivity contribution < 1.29 is 22.3 Å². The highest BCUT2D eigenvalue weighted by Crippen LogP contribution is 2.33. The lowest BCUT2D eigenvalue weighted by molar-refractivity contribution is 0.394. The first-order chi connectivity index (χ1) is 13.8. The molecule has 3 rings (SSSR count). The van der Waals surface area contributed by atoms with Gasteiger partial charge in [0.25, 0.3) is 10.0 Å². The van der Waals surface area contributed by atoms with Crippen molar-refractivity contribution in [2.75, 3.05) is 18.5 Å². The van der Waals surface area contributed by atoms with Gasteiger partial charge in [0.05, 0.1) is 31.3 Å². The topological polar surface area (TPSA) is 55.8 Å². The predicted octanol–water partition coefficient (Wildman–Crippen LogP) is 4.55. The van der Waals surface area contributed by atoms with Gasteiger partial charge < -0.3 is 9.47 Å². The van der Waals surface area contributed by atoms with E-state index in [0.717, 1.165) is 23.3 Å². The molecule has 0 aliphatic carbocycles. The van der Waals surface area contributed by atoms with Crippen LogP contribution in [0.3, 0.4) is 0 Å². The molecule has 0 amide bonds. The number of aryl methyl sites for hydroxylation is 1. The van der Waals surface area contributed by atoms with E-state index in [1.807, 2.05) is 31.2 Å². The van der Waals surface area contributed by atoms with Gasteiger partial charge in [0, 0.05) is 18.2 Å². The van der Waals surface area contributed by atoms with Gasteiger partial charge in [-0.1, -0.05) is 29.8 Å². The number of anilines is 1. The molecule has 0 aromatic heterocycles. The monoisotopic (exact) mass is 415 g/mol. The number of ether oxygens (including phenoxy) is 2. The predicted molar refractivity (Wildman–Crippen MR) is 110 cm³/mol. The average molecular weight is 415 g/mol. The normalized spacial score (nSPS) is 11.2. The highest BCUT2D eigenvalue weighted by Gasteiger charge is 2.26. The molecule has 5 nitrogen and oxygen atoms in total. The van der Waals surface area contributed by atoms with Crippen molar-refractivity contribution in [1.82, 2.24) is 0 Å². The fourth-order valence-electron chi connectivity index (χ4n) is 2.84. The molecule has 3 aromatic carbocycles. The Bertz CT molecular complexity index is 1060. The van der Waals surface area contributed by atoms with Gasteiger partial charge in [-0.3, -0.25) is 4.31 Å². The number of benzene rings is 3. The molecule has 0 radical (unpaired) electrons. The second kappa shape index (κ2) is 8.53. The molecule has 0 heterocycles. The van der Waals surface area contributed by atoms with Gasteiger partial charge >= 0.3 is 0 Å². The summed E-state index contributed by atoms with van der Waals surface area (Å²) in [6.45, 7) is 2.06. The lowest BCUT2D eigenvalue weighted by Crippen LogP contribution is -2.30. The first-order valence-electron chi connectivity index (χ1n) is 8.90. The molecule has 0 N–H and O–H groups in total. The molecule has 0 fully saturated rings. The molecular weight excluding hydrogens is 393 g/mol. The van der Waals surface area contributed by atoms with E-state index in [9.17, 15) is 12.8 Å². The maximum atomic E-state index is 13.4. The summed E-state index contributed by atoms with van der Waals surface area (Å²) in [5, 5.41) is 0. The summed E-state index contributed by atoms with van der Waals surface area (Å²) in [6.07, 6.45) is 0. The number of methoxy groups -OCH3 is 2. The third kappa shape index (κ3) is 4.68. The van der Waals surface area contributed by atoms with Crippen LogP contribution in [0.15, 0.2) is 71.6 Å². The molecule has 29 heavy (non-hydrogen) atoms. The maximum absolute atomic E-state index is 13.4. The van der Waals surface area contributed by atoms with E-state index in [1.165, 1.54) is 30.7 Å². The Hall–Kier alpha value is -3.06. The summed E-state index contributed by atoms with van der Waals surface area (Å²) in [6, 6.07) is 17.3. The van der Waals surface area contributed by atoms with Crippen molar-refractivity contribution in [3.8, 4) is 11.5 Å². The Kier molecular flexibility index (Phi) is 6.08. The summed E-state index contributed by atoms with van der Waals surface area (Å²) >= 11 is 0. The molecular formula is C22H22FNO4S. The number of nitrogens with zero attached hydrogens (tertiary/aromatic N) is 1. The van der Waals surface area contributed by atoms with Gasteiger partial charge in [-0.15, -0.1) is 0 Å². The zero-order valence-electron chi connectivity index (χ0n) is 16.4. The molecule has 0 saturated carbocycles. The van der Waals surface area contributed by atoms with Gasteiger partial charge in [0.15, 0.2) is 0 Å². The van der Waals surface area contributed by atoms with Crippen LogP contribution in [0.2, 0.25) is 0 Å². The lowest BCUT2D eigenvalue weighted by Gasteiger charge is -2.25. The van der Waals surface area contributed by atoms with Crippen LogP contribution in [0.5, 0.6) is 11.5 Å². The van der Waals surface area contributed by atoms with Crippen molar-refractivity contribution in [3.63, 3.8) is 0 Å². The van der Waals surface area contributed by atoms with Gasteiger partial charge in [-0.25, -0.2) is 12.8 Å². The summed E-state index contributed by atoms with van der Waals surface area (Å²) < 4.78 is 52.1. The van der Waals surface area contributed by atoms with Gasteiger partial charge in [-0.2, -0.15) is 0 Å². The summed E-state index contributed by atoms with van der Waals surface area (Å²) in [7, 11) is -0.979. The number of halogens is 1. The summed E-state index contributed by atoms with van der Waals surface area (Å²) in [5.41, 5.74) is 2.26. The van der Waals surface area contributed by atoms with Crippen LogP contribution < -0.4 is 13.8 Å². The fourth-order valence-corrected chi connectivity index (χ4v) is 4.28. The molecule has 0 bridgehead atoms. The third-order valence-corrected chi connectivity index (χ3v) is 6.26. The van der Waals surface area contributed by atoms with Crippen molar-refractivity contribution in [2.24, 2.45) is 0 Å². The number of sulfonamides is 1. The molecule has 0 spiro atoms. The number of hydrogen-bond donors (Lipinski definition) is 0. The van der Waals surface area contributed by atoms with E-state index in [2.05, 4.69) is 0 Å². The Balaban J connectivity index is 2.13. The van der Waals surface area contributed by atoms with Crippen LogP contribution in [0.25, 0.3) is 0 Å². The van der Waals surface area contributed by atoms with Gasteiger partial charge in [0.2, 0.25) is 0 Å². The molecule has 0 saturated heterocycles. The first-order valence-corrected chi connectivity index (χ1v) is 10.3. The van der Waals surface area contributed by atoms with Crippen LogP contribution in [0.4, 0.5) is 10.1 Å². The minimum Gasteiger partial charge on any atom is -0.497 e. The maximum Gasteiger partial charge on any atom is 0.264 e. The average Bonchev–Trinajstić information content (AvgIpc) is 2.73. The molecule has 0 atom stereocenters. The van der Waals surface area contributed by atoms with Gasteiger partial charge in [0.1, 0.15) is 17.3 Å². The second-order valence-electron chi connectivity index (χ2n) is 6.52. The number of hydrogen-bond acceptors (Lipinski definition) is 4. The van der Waals surface area contributed by atoms with Crippen molar-refractivity contribution >= 4 is 15.7 Å². The Labute approximate surface area is 170 Å². The minimum atomic E-state index is -3.97. The van der Waals surface area contributed by atoms with E-state index in [0.29, 0.717) is 17.2 Å². The molecule has 0 aliphatic heterocycles. The van der Waals surface area contributed by atoms with Crippen LogP contribution in [-0.4, -0.2) is 22.6 Å². The Morgan fingerprint density at radius 3 is 1.93 bits per heavy atom. The molecule has 0 aliphatic rings. The lowest BCUT2D eigenvalue weighted by atomic mass is 10.1. The smallest absolute Gasteiger partial charge is 0.264 e. The second-order valence-corrected chi connectivity index (χ2v) is 8.38.